The average Bonchev–Trinajstić information content (AvgIpc) is 2.55. The summed E-state index contributed by atoms with van der Waals surface area (Å²) in [7, 11) is 0. The predicted molar refractivity (Wildman–Crippen MR) is 91.2 cm³/mol. The molecular weight excluding hydrogens is 309 g/mol. The number of carbonyl (C=O) groups is 2. The molecule has 1 N–H and O–H groups in total. The molecule has 0 atom stereocenters. The third-order valence-electron chi connectivity index (χ3n) is 3.40. The van der Waals surface area contributed by atoms with Gasteiger partial charge in [-0.1, -0.05) is 13.0 Å². The van der Waals surface area contributed by atoms with Gasteiger partial charge in [0.15, 0.2) is 5.78 Å². The second-order valence-electron chi connectivity index (χ2n) is 5.31. The van der Waals surface area contributed by atoms with Crippen molar-refractivity contribution >= 4 is 17.4 Å². The second kappa shape index (κ2) is 8.24. The zero-order valence-electron chi connectivity index (χ0n) is 13.8. The van der Waals surface area contributed by atoms with Gasteiger partial charge in [-0.05, 0) is 43.7 Å². The fourth-order valence-corrected chi connectivity index (χ4v) is 2.29. The summed E-state index contributed by atoms with van der Waals surface area (Å²) in [5.74, 6) is -1.42. The number of benzene rings is 2. The Morgan fingerprint density at radius 1 is 1.12 bits per heavy atom. The third-order valence-corrected chi connectivity index (χ3v) is 3.40. The number of hydrogen-bond acceptors (Lipinski definition) is 4. The first-order chi connectivity index (χ1) is 11.5. The van der Waals surface area contributed by atoms with Crippen molar-refractivity contribution < 1.29 is 18.7 Å². The van der Waals surface area contributed by atoms with E-state index in [0.717, 1.165) is 18.3 Å². The van der Waals surface area contributed by atoms with Crippen LogP contribution in [-0.2, 0) is 0 Å². The number of esters is 1. The predicted octanol–water partition coefficient (Wildman–Crippen LogP) is 4.46. The summed E-state index contributed by atoms with van der Waals surface area (Å²) in [4.78, 5) is 24.4. The van der Waals surface area contributed by atoms with Gasteiger partial charge in [0.1, 0.15) is 11.6 Å². The van der Waals surface area contributed by atoms with Crippen LogP contribution in [0.3, 0.4) is 0 Å². The molecular formula is C19H20FNO3. The van der Waals surface area contributed by atoms with Crippen LogP contribution in [0, 0.1) is 5.82 Å². The van der Waals surface area contributed by atoms with Crippen molar-refractivity contribution in [3.8, 4) is 5.75 Å². The standard InChI is InChI=1S/C19H20FNO3/c1-3-6-17(22)16-10-9-14(20)12-18(16)24-19(23)13-7-5-8-15(11-13)21-4-2/h5,7-12,21H,3-4,6H2,1-2H3. The molecule has 0 aliphatic rings. The monoisotopic (exact) mass is 329 g/mol. The molecule has 0 saturated heterocycles. The van der Waals surface area contributed by atoms with E-state index in [2.05, 4.69) is 5.32 Å². The van der Waals surface area contributed by atoms with E-state index in [1.54, 1.807) is 18.2 Å². The van der Waals surface area contributed by atoms with E-state index < -0.39 is 11.8 Å². The maximum absolute atomic E-state index is 13.5. The Morgan fingerprint density at radius 2 is 1.92 bits per heavy atom. The molecule has 0 heterocycles. The summed E-state index contributed by atoms with van der Waals surface area (Å²) in [5, 5.41) is 3.10. The van der Waals surface area contributed by atoms with Crippen molar-refractivity contribution in [2.24, 2.45) is 0 Å². The lowest BCUT2D eigenvalue weighted by atomic mass is 10.1. The number of nitrogens with one attached hydrogen (secondary N) is 1. The molecule has 0 unspecified atom stereocenters. The van der Waals surface area contributed by atoms with E-state index in [1.165, 1.54) is 12.1 Å². The molecule has 5 heteroatoms. The zero-order chi connectivity index (χ0) is 17.5. The Hall–Kier alpha value is -2.69. The SMILES string of the molecule is CCCC(=O)c1ccc(F)cc1OC(=O)c1cccc(NCC)c1. The van der Waals surface area contributed by atoms with Crippen LogP contribution in [0.25, 0.3) is 0 Å². The molecule has 126 valence electrons. The lowest BCUT2D eigenvalue weighted by Crippen LogP contribution is -2.12. The fraction of sp³-hybridized carbons (Fsp3) is 0.263. The maximum Gasteiger partial charge on any atom is 0.343 e. The van der Waals surface area contributed by atoms with Crippen LogP contribution in [0.1, 0.15) is 47.4 Å². The van der Waals surface area contributed by atoms with Crippen LogP contribution < -0.4 is 10.1 Å². The molecule has 0 aliphatic carbocycles. The van der Waals surface area contributed by atoms with Gasteiger partial charge in [0.2, 0.25) is 0 Å². The third kappa shape index (κ3) is 4.41. The summed E-state index contributed by atoms with van der Waals surface area (Å²) in [5.41, 5.74) is 1.33. The van der Waals surface area contributed by atoms with Gasteiger partial charge in [-0.25, -0.2) is 9.18 Å². The largest absolute Gasteiger partial charge is 0.422 e. The van der Waals surface area contributed by atoms with Gasteiger partial charge in [-0.3, -0.25) is 4.79 Å². The number of ketones is 1. The molecule has 0 spiro atoms. The van der Waals surface area contributed by atoms with Crippen LogP contribution in [0.15, 0.2) is 42.5 Å². The molecule has 24 heavy (non-hydrogen) atoms. The first-order valence-electron chi connectivity index (χ1n) is 7.94. The lowest BCUT2D eigenvalue weighted by molar-refractivity contribution is 0.0732. The van der Waals surface area contributed by atoms with E-state index in [4.69, 9.17) is 4.74 Å². The van der Waals surface area contributed by atoms with Crippen molar-refractivity contribution in [3.63, 3.8) is 0 Å². The van der Waals surface area contributed by atoms with Crippen molar-refractivity contribution in [3.05, 3.63) is 59.4 Å². The summed E-state index contributed by atoms with van der Waals surface area (Å²) < 4.78 is 18.8. The van der Waals surface area contributed by atoms with Gasteiger partial charge in [0.25, 0.3) is 0 Å². The Balaban J connectivity index is 2.26. The minimum absolute atomic E-state index is 0.0488. The number of Topliss-reactive ketones (excluding diaryl/α,β-unsaturated/α-hetero) is 1. The molecule has 2 rings (SSSR count). The molecule has 0 amide bonds. The van der Waals surface area contributed by atoms with Gasteiger partial charge in [-0.15, -0.1) is 0 Å². The molecule has 0 aliphatic heterocycles. The summed E-state index contributed by atoms with van der Waals surface area (Å²) in [6.45, 7) is 4.54. The fourth-order valence-electron chi connectivity index (χ4n) is 2.29. The highest BCUT2D eigenvalue weighted by atomic mass is 19.1. The summed E-state index contributed by atoms with van der Waals surface area (Å²) in [6, 6.07) is 10.4. The normalized spacial score (nSPS) is 10.3. The Labute approximate surface area is 140 Å². The van der Waals surface area contributed by atoms with E-state index in [-0.39, 0.29) is 17.1 Å². The van der Waals surface area contributed by atoms with Crippen molar-refractivity contribution in [2.75, 3.05) is 11.9 Å². The first-order valence-corrected chi connectivity index (χ1v) is 7.94. The highest BCUT2D eigenvalue weighted by molar-refractivity contribution is 6.00. The van der Waals surface area contributed by atoms with Gasteiger partial charge < -0.3 is 10.1 Å². The van der Waals surface area contributed by atoms with Crippen LogP contribution >= 0.6 is 0 Å². The molecule has 0 bridgehead atoms. The van der Waals surface area contributed by atoms with E-state index in [9.17, 15) is 14.0 Å². The number of hydrogen-bond donors (Lipinski definition) is 1. The van der Waals surface area contributed by atoms with E-state index in [1.807, 2.05) is 19.9 Å². The molecule has 2 aromatic carbocycles. The molecule has 0 aromatic heterocycles. The van der Waals surface area contributed by atoms with E-state index >= 15 is 0 Å². The van der Waals surface area contributed by atoms with Crippen molar-refractivity contribution in [2.45, 2.75) is 26.7 Å². The minimum Gasteiger partial charge on any atom is -0.422 e. The van der Waals surface area contributed by atoms with Gasteiger partial charge in [0.05, 0.1) is 11.1 Å². The zero-order valence-corrected chi connectivity index (χ0v) is 13.8. The number of carbonyl (C=O) groups excluding carboxylic acids is 2. The summed E-state index contributed by atoms with van der Waals surface area (Å²) >= 11 is 0. The molecule has 0 saturated carbocycles. The van der Waals surface area contributed by atoms with Crippen molar-refractivity contribution in [1.82, 2.24) is 0 Å². The second-order valence-corrected chi connectivity index (χ2v) is 5.31. The smallest absolute Gasteiger partial charge is 0.343 e. The molecule has 4 nitrogen and oxygen atoms in total. The van der Waals surface area contributed by atoms with Gasteiger partial charge >= 0.3 is 5.97 Å². The van der Waals surface area contributed by atoms with Crippen LogP contribution in [0.5, 0.6) is 5.75 Å². The maximum atomic E-state index is 13.5. The highest BCUT2D eigenvalue weighted by Crippen LogP contribution is 2.23. The molecule has 2 aromatic rings. The number of anilines is 1. The Bertz CT molecular complexity index is 743. The minimum atomic E-state index is -0.633. The van der Waals surface area contributed by atoms with Gasteiger partial charge in [-0.2, -0.15) is 0 Å². The van der Waals surface area contributed by atoms with Crippen LogP contribution in [0.4, 0.5) is 10.1 Å². The quantitative estimate of drug-likeness (QED) is 0.463. The average molecular weight is 329 g/mol. The lowest BCUT2D eigenvalue weighted by Gasteiger charge is -2.10. The number of halogens is 1. The van der Waals surface area contributed by atoms with Crippen LogP contribution in [0.2, 0.25) is 0 Å². The summed E-state index contributed by atoms with van der Waals surface area (Å²) in [6.07, 6.45) is 0.973. The van der Waals surface area contributed by atoms with Gasteiger partial charge in [0, 0.05) is 24.7 Å². The number of ether oxygens (including phenoxy) is 1. The number of rotatable bonds is 7. The molecule has 0 fully saturated rings. The topological polar surface area (TPSA) is 55.4 Å². The van der Waals surface area contributed by atoms with Crippen LogP contribution in [-0.4, -0.2) is 18.3 Å². The first kappa shape index (κ1) is 17.7. The Kier molecular flexibility index (Phi) is 6.07. The van der Waals surface area contributed by atoms with E-state index in [0.29, 0.717) is 18.4 Å². The van der Waals surface area contributed by atoms with Crippen molar-refractivity contribution in [1.29, 1.82) is 0 Å². The Morgan fingerprint density at radius 3 is 2.62 bits per heavy atom. The highest BCUT2D eigenvalue weighted by Gasteiger charge is 2.17. The molecule has 0 radical (unpaired) electrons.